The standard InChI is InChI=1S/C21H25Br2N3/c1-2-3-14-10-15-4-5-16-12-17(22)13-25-20(16)21(19(15)18(23)11-14)26-8-6-24-7-9-26/h10-13,21,24H,2-9H2,1H3/t21-/m1/s1. The molecule has 0 unspecified atom stereocenters. The summed E-state index contributed by atoms with van der Waals surface area (Å²) >= 11 is 7.55. The second-order valence-corrected chi connectivity index (χ2v) is 9.06. The molecule has 1 atom stereocenters. The lowest BCUT2D eigenvalue weighted by Gasteiger charge is -2.36. The van der Waals surface area contributed by atoms with Crippen LogP contribution >= 0.6 is 31.9 Å². The molecular weight excluding hydrogens is 454 g/mol. The van der Waals surface area contributed by atoms with Gasteiger partial charge < -0.3 is 5.32 Å². The fourth-order valence-electron chi connectivity index (χ4n) is 4.32. The molecule has 0 amide bonds. The average Bonchev–Trinajstić information content (AvgIpc) is 2.80. The number of halogens is 2. The monoisotopic (exact) mass is 477 g/mol. The lowest BCUT2D eigenvalue weighted by atomic mass is 9.93. The highest BCUT2D eigenvalue weighted by molar-refractivity contribution is 9.10. The van der Waals surface area contributed by atoms with Gasteiger partial charge in [0.05, 0.1) is 11.7 Å². The van der Waals surface area contributed by atoms with Crippen molar-refractivity contribution < 1.29 is 0 Å². The number of pyridine rings is 1. The first-order valence-electron chi connectivity index (χ1n) is 9.57. The third kappa shape index (κ3) is 3.64. The first kappa shape index (κ1) is 18.6. The van der Waals surface area contributed by atoms with E-state index in [4.69, 9.17) is 4.98 Å². The largest absolute Gasteiger partial charge is 0.314 e. The first-order valence-corrected chi connectivity index (χ1v) is 11.2. The number of nitrogens with one attached hydrogen (secondary N) is 1. The van der Waals surface area contributed by atoms with E-state index in [0.717, 1.165) is 49.9 Å². The summed E-state index contributed by atoms with van der Waals surface area (Å²) in [5.41, 5.74) is 6.97. The van der Waals surface area contributed by atoms with E-state index in [1.165, 1.54) is 38.8 Å². The molecule has 1 aromatic carbocycles. The summed E-state index contributed by atoms with van der Waals surface area (Å²) in [4.78, 5) is 7.51. The van der Waals surface area contributed by atoms with Gasteiger partial charge in [-0.25, -0.2) is 0 Å². The van der Waals surface area contributed by atoms with Crippen LogP contribution in [-0.4, -0.2) is 36.1 Å². The number of nitrogens with zero attached hydrogens (tertiary/aromatic N) is 2. The SMILES string of the molecule is CCCc1cc(Br)c2c(c1)CCc1cc(Br)cnc1[C@@H]2N1CCNCC1. The molecule has 1 aliphatic carbocycles. The van der Waals surface area contributed by atoms with Gasteiger partial charge in [0.15, 0.2) is 0 Å². The molecule has 5 heteroatoms. The predicted molar refractivity (Wildman–Crippen MR) is 114 cm³/mol. The molecule has 2 heterocycles. The Morgan fingerprint density at radius 1 is 1.12 bits per heavy atom. The number of piperazine rings is 1. The minimum Gasteiger partial charge on any atom is -0.314 e. The minimum atomic E-state index is 0.239. The molecule has 0 bridgehead atoms. The van der Waals surface area contributed by atoms with Gasteiger partial charge >= 0.3 is 0 Å². The second-order valence-electron chi connectivity index (χ2n) is 7.29. The van der Waals surface area contributed by atoms with Crippen molar-refractivity contribution in [2.75, 3.05) is 26.2 Å². The van der Waals surface area contributed by atoms with Crippen molar-refractivity contribution in [2.45, 2.75) is 38.6 Å². The van der Waals surface area contributed by atoms with E-state index >= 15 is 0 Å². The topological polar surface area (TPSA) is 28.2 Å². The molecule has 0 radical (unpaired) electrons. The van der Waals surface area contributed by atoms with Crippen LogP contribution in [0.5, 0.6) is 0 Å². The Kier molecular flexibility index (Phi) is 5.79. The van der Waals surface area contributed by atoms with Gasteiger partial charge in [-0.05, 0) is 69.6 Å². The van der Waals surface area contributed by atoms with Crippen LogP contribution in [0.15, 0.2) is 33.3 Å². The van der Waals surface area contributed by atoms with Crippen molar-refractivity contribution in [3.63, 3.8) is 0 Å². The highest BCUT2D eigenvalue weighted by Gasteiger charge is 2.32. The Morgan fingerprint density at radius 2 is 1.88 bits per heavy atom. The summed E-state index contributed by atoms with van der Waals surface area (Å²) in [6, 6.07) is 7.29. The molecule has 1 aliphatic heterocycles. The van der Waals surface area contributed by atoms with Crippen molar-refractivity contribution in [3.05, 3.63) is 61.3 Å². The van der Waals surface area contributed by atoms with E-state index in [1.54, 1.807) is 0 Å². The fourth-order valence-corrected chi connectivity index (χ4v) is 5.47. The highest BCUT2D eigenvalue weighted by Crippen LogP contribution is 2.41. The molecule has 2 aliphatic rings. The number of aryl methyl sites for hydroxylation is 3. The van der Waals surface area contributed by atoms with Gasteiger partial charge in [0.1, 0.15) is 0 Å². The lowest BCUT2D eigenvalue weighted by Crippen LogP contribution is -2.45. The smallest absolute Gasteiger partial charge is 0.0793 e. The van der Waals surface area contributed by atoms with Gasteiger partial charge in [-0.3, -0.25) is 9.88 Å². The molecule has 26 heavy (non-hydrogen) atoms. The molecule has 0 spiro atoms. The average molecular weight is 479 g/mol. The van der Waals surface area contributed by atoms with Crippen LogP contribution < -0.4 is 5.32 Å². The van der Waals surface area contributed by atoms with Gasteiger partial charge in [-0.2, -0.15) is 0 Å². The summed E-state index contributed by atoms with van der Waals surface area (Å²) < 4.78 is 2.33. The van der Waals surface area contributed by atoms with Crippen molar-refractivity contribution in [1.29, 1.82) is 0 Å². The molecule has 4 rings (SSSR count). The summed E-state index contributed by atoms with van der Waals surface area (Å²) in [6.45, 7) is 6.46. The summed E-state index contributed by atoms with van der Waals surface area (Å²) in [6.07, 6.45) is 6.42. The Labute approximate surface area is 172 Å². The van der Waals surface area contributed by atoms with Gasteiger partial charge in [-0.15, -0.1) is 0 Å². The Hall–Kier alpha value is -0.750. The number of rotatable bonds is 3. The number of hydrogen-bond acceptors (Lipinski definition) is 3. The van der Waals surface area contributed by atoms with Crippen molar-refractivity contribution in [1.82, 2.24) is 15.2 Å². The molecule has 3 nitrogen and oxygen atoms in total. The van der Waals surface area contributed by atoms with Gasteiger partial charge in [0, 0.05) is 41.3 Å². The Morgan fingerprint density at radius 3 is 2.65 bits per heavy atom. The lowest BCUT2D eigenvalue weighted by molar-refractivity contribution is 0.194. The van der Waals surface area contributed by atoms with E-state index in [9.17, 15) is 0 Å². The third-order valence-electron chi connectivity index (χ3n) is 5.49. The Balaban J connectivity index is 1.87. The van der Waals surface area contributed by atoms with Crippen LogP contribution in [0.4, 0.5) is 0 Å². The van der Waals surface area contributed by atoms with Gasteiger partial charge in [-0.1, -0.05) is 35.3 Å². The fraction of sp³-hybridized carbons (Fsp3) is 0.476. The number of aromatic nitrogens is 1. The van der Waals surface area contributed by atoms with E-state index in [0.29, 0.717) is 0 Å². The minimum absolute atomic E-state index is 0.239. The van der Waals surface area contributed by atoms with Crippen LogP contribution in [-0.2, 0) is 19.3 Å². The molecule has 1 fully saturated rings. The zero-order valence-corrected chi connectivity index (χ0v) is 18.4. The maximum Gasteiger partial charge on any atom is 0.0793 e. The van der Waals surface area contributed by atoms with Crippen LogP contribution in [0.3, 0.4) is 0 Å². The first-order chi connectivity index (χ1) is 12.7. The van der Waals surface area contributed by atoms with E-state index in [2.05, 4.69) is 67.2 Å². The summed E-state index contributed by atoms with van der Waals surface area (Å²) in [5, 5.41) is 3.49. The van der Waals surface area contributed by atoms with Crippen LogP contribution in [0, 0.1) is 0 Å². The van der Waals surface area contributed by atoms with Gasteiger partial charge in [0.2, 0.25) is 0 Å². The third-order valence-corrected chi connectivity index (χ3v) is 6.58. The van der Waals surface area contributed by atoms with Gasteiger partial charge in [0.25, 0.3) is 0 Å². The van der Waals surface area contributed by atoms with E-state index in [-0.39, 0.29) is 6.04 Å². The molecule has 1 aromatic heterocycles. The predicted octanol–water partition coefficient (Wildman–Crippen LogP) is 4.65. The second kappa shape index (κ2) is 8.09. The quantitative estimate of drug-likeness (QED) is 0.695. The highest BCUT2D eigenvalue weighted by atomic mass is 79.9. The maximum absolute atomic E-state index is 4.90. The maximum atomic E-state index is 4.90. The zero-order valence-electron chi connectivity index (χ0n) is 15.2. The van der Waals surface area contributed by atoms with Crippen LogP contribution in [0.25, 0.3) is 0 Å². The number of fused-ring (bicyclic) bond motifs is 2. The molecule has 0 saturated carbocycles. The molecule has 1 saturated heterocycles. The Bertz CT molecular complexity index is 800. The van der Waals surface area contributed by atoms with Crippen molar-refractivity contribution in [3.8, 4) is 0 Å². The van der Waals surface area contributed by atoms with Crippen LogP contribution in [0.2, 0.25) is 0 Å². The molecule has 2 aromatic rings. The van der Waals surface area contributed by atoms with E-state index < -0.39 is 0 Å². The van der Waals surface area contributed by atoms with Crippen LogP contribution in [0.1, 0.15) is 47.3 Å². The van der Waals surface area contributed by atoms with Crippen molar-refractivity contribution in [2.24, 2.45) is 0 Å². The summed E-state index contributed by atoms with van der Waals surface area (Å²) in [5.74, 6) is 0. The summed E-state index contributed by atoms with van der Waals surface area (Å²) in [7, 11) is 0. The van der Waals surface area contributed by atoms with E-state index in [1.807, 2.05) is 6.20 Å². The zero-order chi connectivity index (χ0) is 18.1. The molecular formula is C21H25Br2N3. The van der Waals surface area contributed by atoms with Crippen molar-refractivity contribution >= 4 is 31.9 Å². The number of hydrogen-bond donors (Lipinski definition) is 1. The normalized spacial score (nSPS) is 20.3. The number of benzene rings is 1. The molecule has 138 valence electrons. The molecule has 1 N–H and O–H groups in total.